The Labute approximate surface area is 106 Å². The number of carbonyl (C=O) groups is 1. The first kappa shape index (κ1) is 13.1. The highest BCUT2D eigenvalue weighted by molar-refractivity contribution is 5.78. The molecule has 2 saturated carbocycles. The third-order valence-corrected chi connectivity index (χ3v) is 5.13. The van der Waals surface area contributed by atoms with Crippen molar-refractivity contribution in [3.05, 3.63) is 0 Å². The number of unbranched alkanes of at least 4 members (excludes halogenated alkanes) is 1. The quantitative estimate of drug-likeness (QED) is 0.583. The predicted molar refractivity (Wildman–Crippen MR) is 71.9 cm³/mol. The lowest BCUT2D eigenvalue weighted by Crippen LogP contribution is -2.14. The number of carbonyl (C=O) groups excluding carboxylic acids is 1. The van der Waals surface area contributed by atoms with E-state index in [1.54, 1.807) is 0 Å². The zero-order valence-corrected chi connectivity index (χ0v) is 11.6. The van der Waals surface area contributed by atoms with Gasteiger partial charge in [0.15, 0.2) is 0 Å². The van der Waals surface area contributed by atoms with E-state index in [1.165, 1.54) is 38.5 Å². The van der Waals surface area contributed by atoms with E-state index in [0.717, 1.165) is 42.9 Å². The molecule has 0 radical (unpaired) electrons. The molecule has 0 aromatic rings. The lowest BCUT2D eigenvalue weighted by molar-refractivity contribution is -0.119. The molecule has 2 aliphatic carbocycles. The van der Waals surface area contributed by atoms with E-state index in [0.29, 0.717) is 5.78 Å². The Kier molecular flexibility index (Phi) is 4.27. The summed E-state index contributed by atoms with van der Waals surface area (Å²) in [4.78, 5) is 11.4. The highest BCUT2D eigenvalue weighted by atomic mass is 16.1. The summed E-state index contributed by atoms with van der Waals surface area (Å²) < 4.78 is 0. The topological polar surface area (TPSA) is 17.1 Å². The van der Waals surface area contributed by atoms with Crippen molar-refractivity contribution in [1.82, 2.24) is 0 Å². The van der Waals surface area contributed by atoms with Crippen molar-refractivity contribution in [2.45, 2.75) is 78.1 Å². The van der Waals surface area contributed by atoms with Crippen molar-refractivity contribution in [3.8, 4) is 0 Å². The second-order valence-electron chi connectivity index (χ2n) is 6.73. The summed E-state index contributed by atoms with van der Waals surface area (Å²) in [7, 11) is 0. The molecule has 98 valence electrons. The smallest absolute Gasteiger partial charge is 0.132 e. The van der Waals surface area contributed by atoms with Crippen molar-refractivity contribution in [1.29, 1.82) is 0 Å². The molecular formula is C16H28O. The van der Waals surface area contributed by atoms with Gasteiger partial charge in [0, 0.05) is 12.8 Å². The van der Waals surface area contributed by atoms with Gasteiger partial charge in [0.05, 0.1) is 0 Å². The highest BCUT2D eigenvalue weighted by Gasteiger charge is 2.52. The number of hydrogen-bond acceptors (Lipinski definition) is 1. The molecule has 0 amide bonds. The first-order valence-electron chi connectivity index (χ1n) is 7.66. The van der Waals surface area contributed by atoms with Crippen LogP contribution < -0.4 is 0 Å². The molecule has 0 aliphatic heterocycles. The van der Waals surface area contributed by atoms with E-state index in [1.807, 2.05) is 0 Å². The summed E-state index contributed by atoms with van der Waals surface area (Å²) in [6, 6.07) is 0. The summed E-state index contributed by atoms with van der Waals surface area (Å²) in [6.07, 6.45) is 12.4. The van der Waals surface area contributed by atoms with E-state index in [2.05, 4.69) is 13.8 Å². The maximum absolute atomic E-state index is 11.4. The largest absolute Gasteiger partial charge is 0.300 e. The average Bonchev–Trinajstić information content (AvgIpc) is 2.96. The van der Waals surface area contributed by atoms with Gasteiger partial charge < -0.3 is 0 Å². The molecule has 3 atom stereocenters. The average molecular weight is 236 g/mol. The number of fused-ring (bicyclic) bond motifs is 1. The summed E-state index contributed by atoms with van der Waals surface area (Å²) >= 11 is 0. The lowest BCUT2D eigenvalue weighted by Gasteiger charge is -2.25. The molecule has 2 rings (SSSR count). The van der Waals surface area contributed by atoms with Crippen LogP contribution in [0, 0.1) is 17.3 Å². The van der Waals surface area contributed by atoms with Gasteiger partial charge >= 0.3 is 0 Å². The standard InChI is InChI=1S/C16H28O/c1-3-6-15(17)8-5-4-7-13-9-10-16(2)12-14(16)11-13/h13-14H,3-12H2,1-2H3. The van der Waals surface area contributed by atoms with Crippen LogP contribution in [0.3, 0.4) is 0 Å². The van der Waals surface area contributed by atoms with Crippen molar-refractivity contribution in [2.24, 2.45) is 17.3 Å². The van der Waals surface area contributed by atoms with Crippen LogP contribution in [-0.4, -0.2) is 5.78 Å². The molecule has 0 bridgehead atoms. The minimum Gasteiger partial charge on any atom is -0.300 e. The molecule has 1 heteroatoms. The van der Waals surface area contributed by atoms with Gasteiger partial charge in [-0.25, -0.2) is 0 Å². The van der Waals surface area contributed by atoms with Crippen molar-refractivity contribution < 1.29 is 4.79 Å². The molecule has 2 aliphatic rings. The van der Waals surface area contributed by atoms with Gasteiger partial charge in [-0.05, 0) is 55.8 Å². The Balaban J connectivity index is 1.53. The van der Waals surface area contributed by atoms with Gasteiger partial charge in [-0.3, -0.25) is 4.79 Å². The normalized spacial score (nSPS) is 35.4. The van der Waals surface area contributed by atoms with E-state index in [-0.39, 0.29) is 0 Å². The molecular weight excluding hydrogens is 208 g/mol. The number of Topliss-reactive ketones (excluding diaryl/α,β-unsaturated/α-hetero) is 1. The van der Waals surface area contributed by atoms with Crippen molar-refractivity contribution in [3.63, 3.8) is 0 Å². The third kappa shape index (κ3) is 3.56. The van der Waals surface area contributed by atoms with Gasteiger partial charge in [-0.1, -0.05) is 26.7 Å². The molecule has 17 heavy (non-hydrogen) atoms. The molecule has 0 heterocycles. The van der Waals surface area contributed by atoms with E-state index in [4.69, 9.17) is 0 Å². The lowest BCUT2D eigenvalue weighted by atomic mass is 9.80. The third-order valence-electron chi connectivity index (χ3n) is 5.13. The van der Waals surface area contributed by atoms with Crippen LogP contribution in [0.1, 0.15) is 78.1 Å². The molecule has 2 fully saturated rings. The number of hydrogen-bond donors (Lipinski definition) is 0. The Morgan fingerprint density at radius 1 is 1.29 bits per heavy atom. The predicted octanol–water partition coefficient (Wildman–Crippen LogP) is 4.74. The van der Waals surface area contributed by atoms with Crippen LogP contribution in [0.25, 0.3) is 0 Å². The van der Waals surface area contributed by atoms with E-state index >= 15 is 0 Å². The van der Waals surface area contributed by atoms with Crippen LogP contribution in [0.2, 0.25) is 0 Å². The first-order valence-corrected chi connectivity index (χ1v) is 7.66. The SMILES string of the molecule is CCCC(=O)CCCCC1CCC2(C)CC2C1. The van der Waals surface area contributed by atoms with E-state index < -0.39 is 0 Å². The van der Waals surface area contributed by atoms with Crippen molar-refractivity contribution in [2.75, 3.05) is 0 Å². The Hall–Kier alpha value is -0.330. The van der Waals surface area contributed by atoms with Crippen LogP contribution in [0.4, 0.5) is 0 Å². The van der Waals surface area contributed by atoms with Gasteiger partial charge in [0.25, 0.3) is 0 Å². The molecule has 0 aromatic heterocycles. The Morgan fingerprint density at radius 2 is 2.12 bits per heavy atom. The van der Waals surface area contributed by atoms with Crippen LogP contribution in [0.15, 0.2) is 0 Å². The Bertz CT molecular complexity index is 271. The summed E-state index contributed by atoms with van der Waals surface area (Å²) in [6.45, 7) is 4.56. The highest BCUT2D eigenvalue weighted by Crippen LogP contribution is 2.62. The summed E-state index contributed by atoms with van der Waals surface area (Å²) in [5.74, 6) is 2.52. The molecule has 1 nitrogen and oxygen atoms in total. The fraction of sp³-hybridized carbons (Fsp3) is 0.938. The minimum absolute atomic E-state index is 0.478. The number of rotatable bonds is 7. The van der Waals surface area contributed by atoms with Crippen LogP contribution in [0.5, 0.6) is 0 Å². The van der Waals surface area contributed by atoms with Gasteiger partial charge in [-0.2, -0.15) is 0 Å². The minimum atomic E-state index is 0.478. The van der Waals surface area contributed by atoms with Gasteiger partial charge in [-0.15, -0.1) is 0 Å². The van der Waals surface area contributed by atoms with Crippen molar-refractivity contribution >= 4 is 5.78 Å². The monoisotopic (exact) mass is 236 g/mol. The van der Waals surface area contributed by atoms with Gasteiger partial charge in [0.2, 0.25) is 0 Å². The molecule has 0 saturated heterocycles. The summed E-state index contributed by atoms with van der Waals surface area (Å²) in [5, 5.41) is 0. The molecule has 0 spiro atoms. The number of ketones is 1. The second-order valence-corrected chi connectivity index (χ2v) is 6.73. The van der Waals surface area contributed by atoms with Crippen LogP contribution in [-0.2, 0) is 4.79 Å². The maximum atomic E-state index is 11.4. The fourth-order valence-corrected chi connectivity index (χ4v) is 3.65. The molecule has 0 N–H and O–H groups in total. The Morgan fingerprint density at radius 3 is 2.82 bits per heavy atom. The zero-order chi connectivity index (χ0) is 12.3. The fourth-order valence-electron chi connectivity index (χ4n) is 3.65. The second kappa shape index (κ2) is 5.54. The summed E-state index contributed by atoms with van der Waals surface area (Å²) in [5.41, 5.74) is 0.758. The molecule has 3 unspecified atom stereocenters. The van der Waals surface area contributed by atoms with Crippen LogP contribution >= 0.6 is 0 Å². The zero-order valence-electron chi connectivity index (χ0n) is 11.6. The molecule has 0 aromatic carbocycles. The van der Waals surface area contributed by atoms with Gasteiger partial charge in [0.1, 0.15) is 5.78 Å². The van der Waals surface area contributed by atoms with E-state index in [9.17, 15) is 4.79 Å². The first-order chi connectivity index (χ1) is 8.14. The maximum Gasteiger partial charge on any atom is 0.132 e.